The zero-order valence-corrected chi connectivity index (χ0v) is 16.8. The lowest BCUT2D eigenvalue weighted by molar-refractivity contribution is -0.131. The van der Waals surface area contributed by atoms with E-state index in [-0.39, 0.29) is 29.7 Å². The van der Waals surface area contributed by atoms with E-state index in [1.165, 1.54) is 13.1 Å². The lowest BCUT2D eigenvalue weighted by atomic mass is 10.0. The van der Waals surface area contributed by atoms with E-state index < -0.39 is 5.97 Å². The Morgan fingerprint density at radius 2 is 1.93 bits per heavy atom. The van der Waals surface area contributed by atoms with Gasteiger partial charge in [0.15, 0.2) is 5.78 Å². The molecule has 29 heavy (non-hydrogen) atoms. The Balaban J connectivity index is 1.66. The molecule has 0 unspecified atom stereocenters. The van der Waals surface area contributed by atoms with E-state index in [4.69, 9.17) is 4.74 Å². The first kappa shape index (κ1) is 20.6. The zero-order chi connectivity index (χ0) is 21.1. The van der Waals surface area contributed by atoms with E-state index in [1.807, 2.05) is 0 Å². The maximum atomic E-state index is 12.8. The molecule has 0 bridgehead atoms. The second kappa shape index (κ2) is 8.46. The van der Waals surface area contributed by atoms with Crippen LogP contribution in [0.3, 0.4) is 0 Å². The number of nitrogens with zero attached hydrogens (tertiary/aromatic N) is 3. The first-order valence-corrected chi connectivity index (χ1v) is 9.54. The fourth-order valence-electron chi connectivity index (χ4n) is 3.77. The van der Waals surface area contributed by atoms with E-state index in [9.17, 15) is 19.5 Å². The number of hydrogen-bond acceptors (Lipinski definition) is 5. The number of ether oxygens (including phenoxy) is 1. The average Bonchev–Trinajstić information content (AvgIpc) is 3.09. The number of carbonyl (C=O) groups is 3. The Bertz CT molecular complexity index is 942. The number of ketones is 1. The number of Topliss-reactive ketones (excluding diaryl/α,β-unsaturated/α-hetero) is 1. The molecule has 2 aromatic rings. The Kier molecular flexibility index (Phi) is 6.00. The minimum Gasteiger partial charge on any atom is -0.496 e. The van der Waals surface area contributed by atoms with Gasteiger partial charge in [-0.25, -0.2) is 4.79 Å². The maximum Gasteiger partial charge on any atom is 0.339 e. The van der Waals surface area contributed by atoms with Gasteiger partial charge in [0.1, 0.15) is 11.3 Å². The summed E-state index contributed by atoms with van der Waals surface area (Å²) in [5.41, 5.74) is 2.09. The number of carboxylic acids is 1. The van der Waals surface area contributed by atoms with Crippen LogP contribution in [0.2, 0.25) is 0 Å². The summed E-state index contributed by atoms with van der Waals surface area (Å²) in [7, 11) is 1.54. The summed E-state index contributed by atoms with van der Waals surface area (Å²) in [5.74, 6) is -0.474. The van der Waals surface area contributed by atoms with Crippen molar-refractivity contribution in [2.75, 3.05) is 20.2 Å². The highest BCUT2D eigenvalue weighted by molar-refractivity contribution is 5.94. The summed E-state index contributed by atoms with van der Waals surface area (Å²) in [5, 5.41) is 13.4. The van der Waals surface area contributed by atoms with Gasteiger partial charge in [0.25, 0.3) is 0 Å². The van der Waals surface area contributed by atoms with Crippen LogP contribution in [0.4, 0.5) is 0 Å². The van der Waals surface area contributed by atoms with Crippen LogP contribution in [0, 0.1) is 6.92 Å². The van der Waals surface area contributed by atoms with Crippen LogP contribution in [-0.2, 0) is 11.2 Å². The number of carbonyl (C=O) groups excluding carboxylic acids is 2. The second-order valence-corrected chi connectivity index (χ2v) is 7.26. The van der Waals surface area contributed by atoms with E-state index >= 15 is 0 Å². The molecule has 1 aliphatic heterocycles. The molecule has 0 spiro atoms. The standard InChI is InChI=1S/C21H25N3O5/c1-13-18(21(27)28)12-22-24(13)17-6-8-23(9-7-17)20(26)11-16-10-15(14(2)25)4-5-19(16)29-3/h4-5,10,12,17H,6-9,11H2,1-3H3,(H,27,28). The second-order valence-electron chi connectivity index (χ2n) is 7.26. The quantitative estimate of drug-likeness (QED) is 0.749. The molecule has 1 N–H and O–H groups in total. The lowest BCUT2D eigenvalue weighted by Gasteiger charge is -2.33. The molecule has 1 aliphatic rings. The van der Waals surface area contributed by atoms with Crippen LogP contribution < -0.4 is 4.74 Å². The molecule has 8 heteroatoms. The van der Waals surface area contributed by atoms with Gasteiger partial charge in [-0.05, 0) is 44.9 Å². The molecule has 0 saturated carbocycles. The Morgan fingerprint density at radius 1 is 1.24 bits per heavy atom. The van der Waals surface area contributed by atoms with Crippen molar-refractivity contribution in [1.29, 1.82) is 0 Å². The van der Waals surface area contributed by atoms with Crippen LogP contribution in [-0.4, -0.2) is 57.6 Å². The van der Waals surface area contributed by atoms with Gasteiger partial charge in [-0.1, -0.05) is 0 Å². The SMILES string of the molecule is COc1ccc(C(C)=O)cc1CC(=O)N1CCC(n2ncc(C(=O)O)c2C)CC1. The van der Waals surface area contributed by atoms with Crippen molar-refractivity contribution < 1.29 is 24.2 Å². The van der Waals surface area contributed by atoms with Crippen molar-refractivity contribution in [2.45, 2.75) is 39.2 Å². The molecule has 3 rings (SSSR count). The third-order valence-electron chi connectivity index (χ3n) is 5.47. The fraction of sp³-hybridized carbons (Fsp3) is 0.429. The topological polar surface area (TPSA) is 102 Å². The number of benzene rings is 1. The minimum absolute atomic E-state index is 0.0223. The third-order valence-corrected chi connectivity index (χ3v) is 5.47. The maximum absolute atomic E-state index is 12.8. The minimum atomic E-state index is -0.983. The molecule has 1 saturated heterocycles. The van der Waals surface area contributed by atoms with Crippen LogP contribution in [0.15, 0.2) is 24.4 Å². The van der Waals surface area contributed by atoms with Crippen molar-refractivity contribution >= 4 is 17.7 Å². The molecule has 1 aromatic heterocycles. The zero-order valence-electron chi connectivity index (χ0n) is 16.8. The molecule has 1 fully saturated rings. The molecule has 2 heterocycles. The Labute approximate surface area is 169 Å². The van der Waals surface area contributed by atoms with E-state index in [0.29, 0.717) is 48.5 Å². The number of aromatic carboxylic acids is 1. The predicted octanol–water partition coefficient (Wildman–Crippen LogP) is 2.51. The van der Waals surface area contributed by atoms with Gasteiger partial charge in [-0.2, -0.15) is 5.10 Å². The van der Waals surface area contributed by atoms with Gasteiger partial charge in [-0.15, -0.1) is 0 Å². The number of aromatic nitrogens is 2. The third kappa shape index (κ3) is 4.31. The summed E-state index contributed by atoms with van der Waals surface area (Å²) in [4.78, 5) is 37.5. The number of amides is 1. The molecule has 0 aliphatic carbocycles. The number of hydrogen-bond donors (Lipinski definition) is 1. The normalized spacial score (nSPS) is 14.7. The first-order valence-electron chi connectivity index (χ1n) is 9.54. The molecular weight excluding hydrogens is 374 g/mol. The lowest BCUT2D eigenvalue weighted by Crippen LogP contribution is -2.40. The smallest absolute Gasteiger partial charge is 0.339 e. The van der Waals surface area contributed by atoms with E-state index in [2.05, 4.69) is 5.10 Å². The molecular formula is C21H25N3O5. The summed E-state index contributed by atoms with van der Waals surface area (Å²) >= 11 is 0. The van der Waals surface area contributed by atoms with Crippen LogP contribution in [0.5, 0.6) is 5.75 Å². The van der Waals surface area contributed by atoms with Gasteiger partial charge >= 0.3 is 5.97 Å². The van der Waals surface area contributed by atoms with Crippen molar-refractivity contribution in [3.63, 3.8) is 0 Å². The summed E-state index contributed by atoms with van der Waals surface area (Å²) in [6.45, 7) is 4.38. The average molecular weight is 399 g/mol. The Hall–Kier alpha value is -3.16. The van der Waals surface area contributed by atoms with Gasteiger partial charge in [0, 0.05) is 24.2 Å². The van der Waals surface area contributed by atoms with Crippen molar-refractivity contribution in [1.82, 2.24) is 14.7 Å². The van der Waals surface area contributed by atoms with Crippen molar-refractivity contribution in [2.24, 2.45) is 0 Å². The molecule has 154 valence electrons. The highest BCUT2D eigenvalue weighted by atomic mass is 16.5. The largest absolute Gasteiger partial charge is 0.496 e. The molecule has 0 atom stereocenters. The summed E-state index contributed by atoms with van der Waals surface area (Å²) in [6, 6.07) is 5.19. The first-order chi connectivity index (χ1) is 13.8. The number of rotatable bonds is 6. The Morgan fingerprint density at radius 3 is 2.48 bits per heavy atom. The summed E-state index contributed by atoms with van der Waals surface area (Å²) < 4.78 is 7.09. The van der Waals surface area contributed by atoms with Crippen LogP contribution in [0.25, 0.3) is 0 Å². The number of methoxy groups -OCH3 is 1. The van der Waals surface area contributed by atoms with Gasteiger partial charge in [0.05, 0.1) is 31.5 Å². The van der Waals surface area contributed by atoms with E-state index in [1.54, 1.807) is 41.8 Å². The van der Waals surface area contributed by atoms with E-state index in [0.717, 1.165) is 0 Å². The fourth-order valence-corrected chi connectivity index (χ4v) is 3.77. The number of piperidine rings is 1. The van der Waals surface area contributed by atoms with Gasteiger partial charge in [0.2, 0.25) is 5.91 Å². The van der Waals surface area contributed by atoms with Gasteiger partial charge in [-0.3, -0.25) is 14.3 Å². The summed E-state index contributed by atoms with van der Waals surface area (Å²) in [6.07, 6.45) is 2.96. The highest BCUT2D eigenvalue weighted by Gasteiger charge is 2.27. The van der Waals surface area contributed by atoms with Crippen LogP contribution in [0.1, 0.15) is 57.8 Å². The molecule has 0 radical (unpaired) electrons. The number of carboxylic acid groups (broad SMARTS) is 1. The highest BCUT2D eigenvalue weighted by Crippen LogP contribution is 2.26. The molecule has 8 nitrogen and oxygen atoms in total. The van der Waals surface area contributed by atoms with Crippen molar-refractivity contribution in [3.05, 3.63) is 46.8 Å². The number of likely N-dealkylation sites (tertiary alicyclic amines) is 1. The molecule has 1 aromatic carbocycles. The van der Waals surface area contributed by atoms with Crippen LogP contribution >= 0.6 is 0 Å². The van der Waals surface area contributed by atoms with Gasteiger partial charge < -0.3 is 14.7 Å². The van der Waals surface area contributed by atoms with Crippen molar-refractivity contribution in [3.8, 4) is 5.75 Å². The predicted molar refractivity (Wildman–Crippen MR) is 105 cm³/mol. The monoisotopic (exact) mass is 399 g/mol. The molecule has 1 amide bonds.